The molecule has 0 radical (unpaired) electrons. The molecule has 2 saturated carbocycles. The molecule has 1 aromatic rings. The second kappa shape index (κ2) is 6.83. The Hall–Kier alpha value is -1.64. The van der Waals surface area contributed by atoms with Crippen molar-refractivity contribution in [1.82, 2.24) is 0 Å². The van der Waals surface area contributed by atoms with Crippen LogP contribution in [0.2, 0.25) is 0 Å². The molecule has 26 heavy (non-hydrogen) atoms. The number of hydrogen-bond donors (Lipinski definition) is 0. The Labute approximate surface area is 156 Å². The van der Waals surface area contributed by atoms with E-state index in [1.807, 2.05) is 6.07 Å². The number of ketones is 1. The summed E-state index contributed by atoms with van der Waals surface area (Å²) in [6.45, 7) is 4.30. The van der Waals surface area contributed by atoms with Crippen LogP contribution in [0.15, 0.2) is 18.2 Å². The highest BCUT2D eigenvalue weighted by atomic mass is 16.5. The molecule has 0 aromatic heterocycles. The molecule has 0 bridgehead atoms. The van der Waals surface area contributed by atoms with Gasteiger partial charge in [-0.05, 0) is 79.5 Å². The predicted octanol–water partition coefficient (Wildman–Crippen LogP) is 5.21. The van der Waals surface area contributed by atoms with Crippen LogP contribution in [0.4, 0.5) is 0 Å². The first kappa shape index (κ1) is 17.8. The zero-order valence-corrected chi connectivity index (χ0v) is 16.1. The van der Waals surface area contributed by atoms with Crippen LogP contribution in [0.25, 0.3) is 0 Å². The first-order valence-corrected chi connectivity index (χ1v) is 10.4. The molecule has 4 atom stereocenters. The van der Waals surface area contributed by atoms with Gasteiger partial charge in [-0.3, -0.25) is 9.59 Å². The summed E-state index contributed by atoms with van der Waals surface area (Å²) in [5.74, 6) is 2.85. The Bertz CT molecular complexity index is 722. The number of aryl methyl sites for hydroxylation is 1. The Balaban J connectivity index is 1.52. The largest absolute Gasteiger partial charge is 0.427 e. The van der Waals surface area contributed by atoms with Crippen LogP contribution in [0.1, 0.15) is 82.3 Å². The Morgan fingerprint density at radius 2 is 2.08 bits per heavy atom. The lowest BCUT2D eigenvalue weighted by atomic mass is 9.55. The highest BCUT2D eigenvalue weighted by molar-refractivity contribution is 5.87. The Kier molecular flexibility index (Phi) is 4.66. The van der Waals surface area contributed by atoms with Crippen LogP contribution < -0.4 is 4.74 Å². The van der Waals surface area contributed by atoms with E-state index in [4.69, 9.17) is 4.74 Å². The van der Waals surface area contributed by atoms with Crippen LogP contribution >= 0.6 is 0 Å². The number of rotatable bonds is 4. The summed E-state index contributed by atoms with van der Waals surface area (Å²) in [4.78, 5) is 24.3. The van der Waals surface area contributed by atoms with Crippen molar-refractivity contribution in [1.29, 1.82) is 0 Å². The lowest BCUT2D eigenvalue weighted by molar-refractivity contribution is -0.134. The van der Waals surface area contributed by atoms with E-state index in [9.17, 15) is 9.59 Å². The van der Waals surface area contributed by atoms with E-state index < -0.39 is 0 Å². The molecule has 0 saturated heterocycles. The molecule has 140 valence electrons. The first-order chi connectivity index (χ1) is 12.5. The van der Waals surface area contributed by atoms with Crippen molar-refractivity contribution in [2.24, 2.45) is 17.3 Å². The summed E-state index contributed by atoms with van der Waals surface area (Å²) in [7, 11) is 0. The molecule has 2 fully saturated rings. The van der Waals surface area contributed by atoms with Crippen LogP contribution in [-0.2, 0) is 16.0 Å². The minimum atomic E-state index is -0.126. The first-order valence-electron chi connectivity index (χ1n) is 10.4. The molecule has 0 N–H and O–H groups in total. The number of carbonyl (C=O) groups excluding carboxylic acids is 2. The number of Topliss-reactive ketones (excluding diaryl/α,β-unsaturated/α-hetero) is 1. The monoisotopic (exact) mass is 354 g/mol. The van der Waals surface area contributed by atoms with Gasteiger partial charge in [-0.2, -0.15) is 0 Å². The smallest absolute Gasteiger partial charge is 0.311 e. The van der Waals surface area contributed by atoms with E-state index in [-0.39, 0.29) is 11.4 Å². The number of hydrogen-bond acceptors (Lipinski definition) is 3. The van der Waals surface area contributed by atoms with Crippen LogP contribution in [0.5, 0.6) is 5.75 Å². The number of esters is 1. The highest BCUT2D eigenvalue weighted by Crippen LogP contribution is 2.59. The van der Waals surface area contributed by atoms with Gasteiger partial charge < -0.3 is 4.74 Å². The van der Waals surface area contributed by atoms with Crippen molar-refractivity contribution in [2.45, 2.75) is 77.6 Å². The maximum absolute atomic E-state index is 12.4. The molecular formula is C23H30O3. The average Bonchev–Trinajstić information content (AvgIpc) is 2.94. The van der Waals surface area contributed by atoms with Crippen molar-refractivity contribution in [3.05, 3.63) is 29.3 Å². The summed E-state index contributed by atoms with van der Waals surface area (Å²) in [5, 5.41) is 0. The standard InChI is InChI=1S/C23H30O3/c1-3-4-5-22(25)26-16-7-9-17-15(14-16)6-8-19-18(17)12-13-23(2)20(19)10-11-21(23)24/h7,9,14,18-20H,3-6,8,10-13H2,1-2H3. The molecule has 4 rings (SSSR count). The average molecular weight is 354 g/mol. The van der Waals surface area contributed by atoms with Crippen molar-refractivity contribution in [3.63, 3.8) is 0 Å². The number of benzene rings is 1. The van der Waals surface area contributed by atoms with E-state index in [1.165, 1.54) is 17.5 Å². The highest BCUT2D eigenvalue weighted by Gasteiger charge is 2.54. The number of ether oxygens (including phenoxy) is 1. The predicted molar refractivity (Wildman–Crippen MR) is 101 cm³/mol. The Morgan fingerprint density at radius 3 is 2.88 bits per heavy atom. The van der Waals surface area contributed by atoms with Gasteiger partial charge >= 0.3 is 5.97 Å². The van der Waals surface area contributed by atoms with Gasteiger partial charge in [0.25, 0.3) is 0 Å². The van der Waals surface area contributed by atoms with E-state index in [1.54, 1.807) is 0 Å². The van der Waals surface area contributed by atoms with Crippen LogP contribution in [-0.4, -0.2) is 11.8 Å². The minimum absolute atomic E-state index is 0.0621. The number of carbonyl (C=O) groups is 2. The van der Waals surface area contributed by atoms with E-state index >= 15 is 0 Å². The van der Waals surface area contributed by atoms with E-state index in [0.717, 1.165) is 44.9 Å². The molecule has 1 aromatic carbocycles. The third kappa shape index (κ3) is 2.90. The molecule has 3 aliphatic rings. The van der Waals surface area contributed by atoms with Gasteiger partial charge in [0.2, 0.25) is 0 Å². The molecule has 0 amide bonds. The maximum Gasteiger partial charge on any atom is 0.311 e. The lowest BCUT2D eigenvalue weighted by Gasteiger charge is -2.48. The number of unbranched alkanes of at least 4 members (excludes halogenated alkanes) is 1. The zero-order valence-electron chi connectivity index (χ0n) is 16.1. The topological polar surface area (TPSA) is 43.4 Å². The fourth-order valence-electron chi connectivity index (χ4n) is 5.90. The molecule has 3 nitrogen and oxygen atoms in total. The molecule has 0 heterocycles. The summed E-state index contributed by atoms with van der Waals surface area (Å²) >= 11 is 0. The molecule has 0 spiro atoms. The lowest BCUT2D eigenvalue weighted by Crippen LogP contribution is -2.42. The quantitative estimate of drug-likeness (QED) is 0.551. The second-order valence-electron chi connectivity index (χ2n) is 8.77. The summed E-state index contributed by atoms with van der Waals surface area (Å²) in [5.41, 5.74) is 2.73. The van der Waals surface area contributed by atoms with Crippen LogP contribution in [0.3, 0.4) is 0 Å². The third-order valence-corrected chi connectivity index (χ3v) is 7.37. The van der Waals surface area contributed by atoms with Gasteiger partial charge in [0.1, 0.15) is 11.5 Å². The summed E-state index contributed by atoms with van der Waals surface area (Å²) in [6.07, 6.45) is 8.60. The summed E-state index contributed by atoms with van der Waals surface area (Å²) in [6, 6.07) is 6.25. The van der Waals surface area contributed by atoms with Crippen molar-refractivity contribution < 1.29 is 14.3 Å². The van der Waals surface area contributed by atoms with Gasteiger partial charge in [-0.1, -0.05) is 26.3 Å². The molecule has 0 aliphatic heterocycles. The SMILES string of the molecule is CCCCC(=O)Oc1ccc2c(c1)CCC1C2CCC2(C)C(=O)CCC12. The maximum atomic E-state index is 12.4. The fraction of sp³-hybridized carbons (Fsp3) is 0.652. The second-order valence-corrected chi connectivity index (χ2v) is 8.77. The number of fused-ring (bicyclic) bond motifs is 5. The normalized spacial score (nSPS) is 32.5. The van der Waals surface area contributed by atoms with Gasteiger partial charge in [0, 0.05) is 18.3 Å². The zero-order chi connectivity index (χ0) is 18.3. The van der Waals surface area contributed by atoms with E-state index in [2.05, 4.69) is 26.0 Å². The van der Waals surface area contributed by atoms with E-state index in [0.29, 0.717) is 35.7 Å². The molecule has 3 aliphatic carbocycles. The molecular weight excluding hydrogens is 324 g/mol. The Morgan fingerprint density at radius 1 is 1.23 bits per heavy atom. The fourth-order valence-corrected chi connectivity index (χ4v) is 5.90. The third-order valence-electron chi connectivity index (χ3n) is 7.37. The minimum Gasteiger partial charge on any atom is -0.427 e. The van der Waals surface area contributed by atoms with Crippen molar-refractivity contribution in [2.75, 3.05) is 0 Å². The van der Waals surface area contributed by atoms with Gasteiger partial charge in [0.15, 0.2) is 0 Å². The van der Waals surface area contributed by atoms with Crippen molar-refractivity contribution in [3.8, 4) is 5.75 Å². The van der Waals surface area contributed by atoms with Gasteiger partial charge in [0.05, 0.1) is 0 Å². The summed E-state index contributed by atoms with van der Waals surface area (Å²) < 4.78 is 5.53. The van der Waals surface area contributed by atoms with Gasteiger partial charge in [-0.25, -0.2) is 0 Å². The molecule has 3 heteroatoms. The van der Waals surface area contributed by atoms with Crippen molar-refractivity contribution >= 4 is 11.8 Å². The van der Waals surface area contributed by atoms with Gasteiger partial charge in [-0.15, -0.1) is 0 Å². The molecule has 4 unspecified atom stereocenters. The van der Waals surface area contributed by atoms with Crippen LogP contribution in [0, 0.1) is 17.3 Å².